The molecule has 3 nitrogen and oxygen atoms in total. The Bertz CT molecular complexity index is 517. The molecule has 2 aromatic rings. The first-order chi connectivity index (χ1) is 9.29. The molecule has 100 valence electrons. The Kier molecular flexibility index (Phi) is 5.36. The van der Waals surface area contributed by atoms with E-state index in [-0.39, 0.29) is 0 Å². The highest BCUT2D eigenvalue weighted by atomic mass is 79.9. The molecule has 0 unspecified atom stereocenters. The van der Waals surface area contributed by atoms with Crippen LogP contribution in [0, 0.1) is 0 Å². The Morgan fingerprint density at radius 1 is 1.11 bits per heavy atom. The Morgan fingerprint density at radius 3 is 2.63 bits per heavy atom. The maximum Gasteiger partial charge on any atom is 0.119 e. The number of halogens is 1. The molecule has 0 radical (unpaired) electrons. The maximum atomic E-state index is 5.77. The summed E-state index contributed by atoms with van der Waals surface area (Å²) in [5.74, 6) is 0.890. The van der Waals surface area contributed by atoms with Crippen molar-refractivity contribution in [3.8, 4) is 5.75 Å². The van der Waals surface area contributed by atoms with E-state index in [1.54, 1.807) is 12.4 Å². The van der Waals surface area contributed by atoms with Crippen LogP contribution >= 0.6 is 15.9 Å². The SMILES string of the molecule is NCCc1cc(OCCc2ccncc2)ccc1Br. The lowest BCUT2D eigenvalue weighted by Gasteiger charge is -2.09. The van der Waals surface area contributed by atoms with E-state index in [9.17, 15) is 0 Å². The molecule has 19 heavy (non-hydrogen) atoms. The molecular formula is C15H17BrN2O. The highest BCUT2D eigenvalue weighted by molar-refractivity contribution is 9.10. The van der Waals surface area contributed by atoms with Crippen LogP contribution in [0.4, 0.5) is 0 Å². The number of hydrogen-bond acceptors (Lipinski definition) is 3. The molecule has 0 saturated carbocycles. The van der Waals surface area contributed by atoms with Crippen molar-refractivity contribution >= 4 is 15.9 Å². The van der Waals surface area contributed by atoms with Crippen molar-refractivity contribution in [2.24, 2.45) is 5.73 Å². The van der Waals surface area contributed by atoms with Crippen LogP contribution < -0.4 is 10.5 Å². The van der Waals surface area contributed by atoms with Crippen molar-refractivity contribution in [3.05, 3.63) is 58.3 Å². The lowest BCUT2D eigenvalue weighted by atomic mass is 10.1. The molecular weight excluding hydrogens is 304 g/mol. The maximum absolute atomic E-state index is 5.77. The average molecular weight is 321 g/mol. The third kappa shape index (κ3) is 4.33. The molecule has 2 rings (SSSR count). The van der Waals surface area contributed by atoms with E-state index in [4.69, 9.17) is 10.5 Å². The van der Waals surface area contributed by atoms with Gasteiger partial charge in [-0.15, -0.1) is 0 Å². The summed E-state index contributed by atoms with van der Waals surface area (Å²) in [5.41, 5.74) is 8.00. The zero-order chi connectivity index (χ0) is 13.5. The van der Waals surface area contributed by atoms with Crippen molar-refractivity contribution in [2.75, 3.05) is 13.2 Å². The predicted molar refractivity (Wildman–Crippen MR) is 80.3 cm³/mol. The van der Waals surface area contributed by atoms with E-state index in [1.807, 2.05) is 30.3 Å². The quantitative estimate of drug-likeness (QED) is 0.890. The molecule has 4 heteroatoms. The van der Waals surface area contributed by atoms with E-state index < -0.39 is 0 Å². The summed E-state index contributed by atoms with van der Waals surface area (Å²) in [6, 6.07) is 10.0. The molecule has 2 N–H and O–H groups in total. The number of aromatic nitrogens is 1. The number of nitrogens with two attached hydrogens (primary N) is 1. The van der Waals surface area contributed by atoms with Crippen LogP contribution in [0.5, 0.6) is 5.75 Å². The van der Waals surface area contributed by atoms with E-state index in [0.717, 1.165) is 23.1 Å². The summed E-state index contributed by atoms with van der Waals surface area (Å²) >= 11 is 3.52. The number of ether oxygens (including phenoxy) is 1. The van der Waals surface area contributed by atoms with Gasteiger partial charge in [0, 0.05) is 23.3 Å². The molecule has 1 aromatic heterocycles. The predicted octanol–water partition coefficient (Wildman–Crippen LogP) is 2.97. The fourth-order valence-electron chi connectivity index (χ4n) is 1.82. The normalized spacial score (nSPS) is 10.4. The van der Waals surface area contributed by atoms with Crippen LogP contribution in [0.15, 0.2) is 47.2 Å². The molecule has 1 heterocycles. The first-order valence-electron chi connectivity index (χ1n) is 6.30. The van der Waals surface area contributed by atoms with Gasteiger partial charge in [-0.2, -0.15) is 0 Å². The fraction of sp³-hybridized carbons (Fsp3) is 0.267. The second-order valence-electron chi connectivity index (χ2n) is 4.25. The van der Waals surface area contributed by atoms with Crippen LogP contribution in [-0.4, -0.2) is 18.1 Å². The van der Waals surface area contributed by atoms with Crippen LogP contribution in [0.3, 0.4) is 0 Å². The van der Waals surface area contributed by atoms with Crippen LogP contribution in [-0.2, 0) is 12.8 Å². The highest BCUT2D eigenvalue weighted by Gasteiger charge is 2.02. The van der Waals surface area contributed by atoms with Crippen LogP contribution in [0.1, 0.15) is 11.1 Å². The summed E-state index contributed by atoms with van der Waals surface area (Å²) in [6.45, 7) is 1.30. The van der Waals surface area contributed by atoms with Crippen molar-refractivity contribution in [2.45, 2.75) is 12.8 Å². The van der Waals surface area contributed by atoms with Gasteiger partial charge in [0.15, 0.2) is 0 Å². The van der Waals surface area contributed by atoms with Gasteiger partial charge in [0.2, 0.25) is 0 Å². The van der Waals surface area contributed by atoms with Gasteiger partial charge in [-0.05, 0) is 54.4 Å². The monoisotopic (exact) mass is 320 g/mol. The summed E-state index contributed by atoms with van der Waals surface area (Å²) in [5, 5.41) is 0. The molecule has 1 aromatic carbocycles. The van der Waals surface area contributed by atoms with Crippen molar-refractivity contribution in [3.63, 3.8) is 0 Å². The van der Waals surface area contributed by atoms with Gasteiger partial charge < -0.3 is 10.5 Å². The molecule has 0 fully saturated rings. The highest BCUT2D eigenvalue weighted by Crippen LogP contribution is 2.23. The minimum absolute atomic E-state index is 0.638. The second kappa shape index (κ2) is 7.26. The van der Waals surface area contributed by atoms with Gasteiger partial charge >= 0.3 is 0 Å². The molecule has 0 saturated heterocycles. The summed E-state index contributed by atoms with van der Waals surface area (Å²) in [4.78, 5) is 4.00. The Balaban J connectivity index is 1.91. The summed E-state index contributed by atoms with van der Waals surface area (Å²) < 4.78 is 6.85. The lowest BCUT2D eigenvalue weighted by molar-refractivity contribution is 0.321. The second-order valence-corrected chi connectivity index (χ2v) is 5.10. The first kappa shape index (κ1) is 14.0. The van der Waals surface area contributed by atoms with Gasteiger partial charge in [-0.3, -0.25) is 4.98 Å². The van der Waals surface area contributed by atoms with E-state index in [0.29, 0.717) is 13.2 Å². The van der Waals surface area contributed by atoms with E-state index >= 15 is 0 Å². The molecule has 0 aliphatic carbocycles. The van der Waals surface area contributed by atoms with E-state index in [2.05, 4.69) is 20.9 Å². The Hall–Kier alpha value is -1.39. The Morgan fingerprint density at radius 2 is 1.89 bits per heavy atom. The number of benzene rings is 1. The topological polar surface area (TPSA) is 48.1 Å². The standard InChI is InChI=1S/C15H17BrN2O/c16-15-2-1-14(11-13(15)3-7-17)19-10-6-12-4-8-18-9-5-12/h1-2,4-5,8-9,11H,3,6-7,10,17H2. The van der Waals surface area contributed by atoms with Crippen molar-refractivity contribution in [1.29, 1.82) is 0 Å². The smallest absolute Gasteiger partial charge is 0.119 e. The number of hydrogen-bond donors (Lipinski definition) is 1. The van der Waals surface area contributed by atoms with Crippen LogP contribution in [0.2, 0.25) is 0 Å². The number of rotatable bonds is 6. The van der Waals surface area contributed by atoms with Crippen molar-refractivity contribution in [1.82, 2.24) is 4.98 Å². The van der Waals surface area contributed by atoms with Gasteiger partial charge in [-0.25, -0.2) is 0 Å². The molecule has 0 spiro atoms. The molecule has 0 bridgehead atoms. The molecule has 0 amide bonds. The Labute approximate surface area is 121 Å². The largest absolute Gasteiger partial charge is 0.493 e. The minimum atomic E-state index is 0.638. The third-order valence-corrected chi connectivity index (χ3v) is 3.61. The summed E-state index contributed by atoms with van der Waals surface area (Å²) in [7, 11) is 0. The fourth-order valence-corrected chi connectivity index (χ4v) is 2.27. The summed E-state index contributed by atoms with van der Waals surface area (Å²) in [6.07, 6.45) is 5.33. The van der Waals surface area contributed by atoms with Crippen LogP contribution in [0.25, 0.3) is 0 Å². The number of pyridine rings is 1. The van der Waals surface area contributed by atoms with Gasteiger partial charge in [0.05, 0.1) is 6.61 Å². The van der Waals surface area contributed by atoms with Gasteiger partial charge in [-0.1, -0.05) is 15.9 Å². The lowest BCUT2D eigenvalue weighted by Crippen LogP contribution is -2.05. The van der Waals surface area contributed by atoms with E-state index in [1.165, 1.54) is 11.1 Å². The van der Waals surface area contributed by atoms with Crippen molar-refractivity contribution < 1.29 is 4.74 Å². The third-order valence-electron chi connectivity index (χ3n) is 2.84. The number of nitrogens with zero attached hydrogens (tertiary/aromatic N) is 1. The average Bonchev–Trinajstić information content (AvgIpc) is 2.44. The zero-order valence-electron chi connectivity index (χ0n) is 10.7. The molecule has 0 aliphatic rings. The molecule has 0 atom stereocenters. The molecule has 0 aliphatic heterocycles. The minimum Gasteiger partial charge on any atom is -0.493 e. The van der Waals surface area contributed by atoms with Gasteiger partial charge in [0.25, 0.3) is 0 Å². The first-order valence-corrected chi connectivity index (χ1v) is 7.09. The zero-order valence-corrected chi connectivity index (χ0v) is 12.3. The van der Waals surface area contributed by atoms with Gasteiger partial charge in [0.1, 0.15) is 5.75 Å².